The third kappa shape index (κ3) is 5.10. The topological polar surface area (TPSA) is 73.1 Å². The van der Waals surface area contributed by atoms with Gasteiger partial charge in [-0.15, -0.1) is 0 Å². The van der Waals surface area contributed by atoms with Gasteiger partial charge in [0.1, 0.15) is 6.07 Å². The van der Waals surface area contributed by atoms with Gasteiger partial charge in [-0.1, -0.05) is 31.5 Å². The van der Waals surface area contributed by atoms with Crippen molar-refractivity contribution < 1.29 is 9.90 Å². The number of hydrogen-bond donors (Lipinski definition) is 2. The van der Waals surface area contributed by atoms with Gasteiger partial charge in [-0.3, -0.25) is 4.79 Å². The van der Waals surface area contributed by atoms with Crippen molar-refractivity contribution in [2.75, 3.05) is 11.9 Å². The summed E-state index contributed by atoms with van der Waals surface area (Å²) in [6, 6.07) is 7.37. The molecule has 0 aliphatic rings. The summed E-state index contributed by atoms with van der Waals surface area (Å²) < 4.78 is 0. The fourth-order valence-corrected chi connectivity index (χ4v) is 2.11. The SMILES string of the molecule is CC(C)(CCNc1cccc(Cl)c1C#N)CCC(=O)O. The Balaban J connectivity index is 2.55. The summed E-state index contributed by atoms with van der Waals surface area (Å²) in [5.41, 5.74) is 1.10. The number of aliphatic carboxylic acids is 1. The highest BCUT2D eigenvalue weighted by atomic mass is 35.5. The van der Waals surface area contributed by atoms with Crippen molar-refractivity contribution in [2.45, 2.75) is 33.1 Å². The number of benzene rings is 1. The lowest BCUT2D eigenvalue weighted by Gasteiger charge is -2.24. The second-order valence-corrected chi connectivity index (χ2v) is 5.92. The van der Waals surface area contributed by atoms with Crippen LogP contribution in [0.1, 0.15) is 38.7 Å². The van der Waals surface area contributed by atoms with E-state index in [0.29, 0.717) is 29.2 Å². The zero-order chi connectivity index (χ0) is 15.2. The molecule has 0 aliphatic heterocycles. The van der Waals surface area contributed by atoms with Gasteiger partial charge < -0.3 is 10.4 Å². The summed E-state index contributed by atoms with van der Waals surface area (Å²) in [7, 11) is 0. The van der Waals surface area contributed by atoms with E-state index >= 15 is 0 Å². The lowest BCUT2D eigenvalue weighted by atomic mass is 9.84. The van der Waals surface area contributed by atoms with Crippen LogP contribution in [0.25, 0.3) is 0 Å². The van der Waals surface area contributed by atoms with Gasteiger partial charge in [0, 0.05) is 13.0 Å². The Morgan fingerprint density at radius 2 is 2.15 bits per heavy atom. The monoisotopic (exact) mass is 294 g/mol. The molecule has 0 radical (unpaired) electrons. The largest absolute Gasteiger partial charge is 0.481 e. The summed E-state index contributed by atoms with van der Waals surface area (Å²) in [5, 5.41) is 21.4. The van der Waals surface area contributed by atoms with Crippen LogP contribution in [-0.2, 0) is 4.79 Å². The van der Waals surface area contributed by atoms with E-state index < -0.39 is 5.97 Å². The fourth-order valence-electron chi connectivity index (χ4n) is 1.89. The van der Waals surface area contributed by atoms with E-state index in [2.05, 4.69) is 11.4 Å². The lowest BCUT2D eigenvalue weighted by molar-refractivity contribution is -0.137. The van der Waals surface area contributed by atoms with E-state index in [1.54, 1.807) is 12.1 Å². The van der Waals surface area contributed by atoms with Gasteiger partial charge in [-0.25, -0.2) is 0 Å². The molecule has 0 spiro atoms. The van der Waals surface area contributed by atoms with E-state index in [0.717, 1.165) is 6.42 Å². The number of rotatable bonds is 7. The summed E-state index contributed by atoms with van der Waals surface area (Å²) in [6.07, 6.45) is 1.62. The first-order valence-corrected chi connectivity index (χ1v) is 6.88. The molecule has 108 valence electrons. The van der Waals surface area contributed by atoms with E-state index in [9.17, 15) is 4.79 Å². The molecule has 20 heavy (non-hydrogen) atoms. The summed E-state index contributed by atoms with van der Waals surface area (Å²) in [5.74, 6) is -0.771. The van der Waals surface area contributed by atoms with Crippen LogP contribution in [0, 0.1) is 16.7 Å². The summed E-state index contributed by atoms with van der Waals surface area (Å²) in [6.45, 7) is 4.75. The molecule has 1 rings (SSSR count). The van der Waals surface area contributed by atoms with Gasteiger partial charge in [0.05, 0.1) is 16.3 Å². The van der Waals surface area contributed by atoms with Gasteiger partial charge in [-0.05, 0) is 30.4 Å². The first-order valence-electron chi connectivity index (χ1n) is 6.50. The van der Waals surface area contributed by atoms with Crippen molar-refractivity contribution in [3.05, 3.63) is 28.8 Å². The predicted octanol–water partition coefficient (Wildman–Crippen LogP) is 3.90. The molecule has 0 bridgehead atoms. The van der Waals surface area contributed by atoms with Crippen molar-refractivity contribution in [1.82, 2.24) is 0 Å². The van der Waals surface area contributed by atoms with Crippen LogP contribution in [0.15, 0.2) is 18.2 Å². The first-order chi connectivity index (χ1) is 9.35. The quantitative estimate of drug-likeness (QED) is 0.800. The minimum Gasteiger partial charge on any atom is -0.481 e. The Morgan fingerprint density at radius 3 is 2.75 bits per heavy atom. The molecule has 5 heteroatoms. The maximum Gasteiger partial charge on any atom is 0.303 e. The smallest absolute Gasteiger partial charge is 0.303 e. The lowest BCUT2D eigenvalue weighted by Crippen LogP contribution is -2.18. The van der Waals surface area contributed by atoms with Gasteiger partial charge in [0.2, 0.25) is 0 Å². The molecule has 2 N–H and O–H groups in total. The maximum atomic E-state index is 10.6. The minimum atomic E-state index is -0.771. The molecule has 0 unspecified atom stereocenters. The molecule has 0 aliphatic carbocycles. The van der Waals surface area contributed by atoms with E-state index in [4.69, 9.17) is 22.0 Å². The van der Waals surface area contributed by atoms with Crippen molar-refractivity contribution in [3.8, 4) is 6.07 Å². The van der Waals surface area contributed by atoms with Crippen LogP contribution in [0.3, 0.4) is 0 Å². The summed E-state index contributed by atoms with van der Waals surface area (Å²) in [4.78, 5) is 10.6. The maximum absolute atomic E-state index is 10.6. The van der Waals surface area contributed by atoms with Crippen molar-refractivity contribution >= 4 is 23.3 Å². The van der Waals surface area contributed by atoms with Gasteiger partial charge in [0.25, 0.3) is 0 Å². The Hall–Kier alpha value is -1.73. The highest BCUT2D eigenvalue weighted by Crippen LogP contribution is 2.28. The Labute approximate surface area is 124 Å². The molecule has 1 aromatic carbocycles. The fraction of sp³-hybridized carbons (Fsp3) is 0.467. The van der Waals surface area contributed by atoms with Crippen molar-refractivity contribution in [2.24, 2.45) is 5.41 Å². The zero-order valence-electron chi connectivity index (χ0n) is 11.7. The molecule has 0 saturated heterocycles. The Bertz CT molecular complexity index is 521. The van der Waals surface area contributed by atoms with Crippen LogP contribution < -0.4 is 5.32 Å². The second kappa shape index (κ2) is 7.16. The number of halogens is 1. The number of carbonyl (C=O) groups is 1. The van der Waals surface area contributed by atoms with E-state index in [-0.39, 0.29) is 11.8 Å². The number of nitriles is 1. The number of anilines is 1. The highest BCUT2D eigenvalue weighted by Gasteiger charge is 2.19. The van der Waals surface area contributed by atoms with Crippen LogP contribution >= 0.6 is 11.6 Å². The zero-order valence-corrected chi connectivity index (χ0v) is 12.5. The minimum absolute atomic E-state index is 0.0588. The molecule has 0 amide bonds. The molecule has 0 fully saturated rings. The Kier molecular flexibility index (Phi) is 5.84. The number of carboxylic acid groups (broad SMARTS) is 1. The summed E-state index contributed by atoms with van der Waals surface area (Å²) >= 11 is 5.96. The van der Waals surface area contributed by atoms with E-state index in [1.807, 2.05) is 19.9 Å². The molecule has 0 atom stereocenters. The van der Waals surface area contributed by atoms with Crippen molar-refractivity contribution in [1.29, 1.82) is 5.26 Å². The van der Waals surface area contributed by atoms with Gasteiger partial charge >= 0.3 is 5.97 Å². The average molecular weight is 295 g/mol. The van der Waals surface area contributed by atoms with Gasteiger partial charge in [-0.2, -0.15) is 5.26 Å². The molecular weight excluding hydrogens is 276 g/mol. The Morgan fingerprint density at radius 1 is 1.45 bits per heavy atom. The van der Waals surface area contributed by atoms with Crippen molar-refractivity contribution in [3.63, 3.8) is 0 Å². The number of carboxylic acids is 1. The third-order valence-electron chi connectivity index (χ3n) is 3.26. The first kappa shape index (κ1) is 16.3. The molecule has 0 saturated carbocycles. The number of hydrogen-bond acceptors (Lipinski definition) is 3. The molecular formula is C15H19ClN2O2. The third-order valence-corrected chi connectivity index (χ3v) is 3.57. The second-order valence-electron chi connectivity index (χ2n) is 5.51. The number of nitrogens with zero attached hydrogens (tertiary/aromatic N) is 1. The molecule has 4 nitrogen and oxygen atoms in total. The standard InChI is InChI=1S/C15H19ClN2O2/c1-15(2,7-6-14(19)20)8-9-18-13-5-3-4-12(16)11(13)10-17/h3-5,18H,6-9H2,1-2H3,(H,19,20). The van der Waals surface area contributed by atoms with Gasteiger partial charge in [0.15, 0.2) is 0 Å². The average Bonchev–Trinajstić information content (AvgIpc) is 2.37. The predicted molar refractivity (Wildman–Crippen MR) is 79.9 cm³/mol. The van der Waals surface area contributed by atoms with E-state index in [1.165, 1.54) is 0 Å². The normalized spacial score (nSPS) is 10.9. The number of nitrogens with one attached hydrogen (secondary N) is 1. The molecule has 0 aromatic heterocycles. The van der Waals surface area contributed by atoms with Crippen LogP contribution in [0.2, 0.25) is 5.02 Å². The molecule has 1 aromatic rings. The van der Waals surface area contributed by atoms with Crippen LogP contribution in [-0.4, -0.2) is 17.6 Å². The molecule has 0 heterocycles. The van der Waals surface area contributed by atoms with Crippen LogP contribution in [0.4, 0.5) is 5.69 Å². The van der Waals surface area contributed by atoms with Crippen LogP contribution in [0.5, 0.6) is 0 Å². The highest BCUT2D eigenvalue weighted by molar-refractivity contribution is 6.32.